The summed E-state index contributed by atoms with van der Waals surface area (Å²) in [7, 11) is 1.72. The summed E-state index contributed by atoms with van der Waals surface area (Å²) in [6.07, 6.45) is 4.51. The molecule has 1 amide bonds. The molecule has 2 fully saturated rings. The van der Waals surface area contributed by atoms with Crippen LogP contribution >= 0.6 is 11.3 Å². The van der Waals surface area contributed by atoms with Crippen molar-refractivity contribution < 1.29 is 9.53 Å². The van der Waals surface area contributed by atoms with Crippen LogP contribution in [0, 0.1) is 5.92 Å². The monoisotopic (exact) mass is 366 g/mol. The van der Waals surface area contributed by atoms with Gasteiger partial charge >= 0.3 is 0 Å². The van der Waals surface area contributed by atoms with Crippen molar-refractivity contribution in [3.05, 3.63) is 16.1 Å². The Kier molecular flexibility index (Phi) is 6.81. The van der Waals surface area contributed by atoms with Gasteiger partial charge in [-0.25, -0.2) is 4.98 Å². The minimum atomic E-state index is 0.0240. The van der Waals surface area contributed by atoms with E-state index in [-0.39, 0.29) is 18.1 Å². The van der Waals surface area contributed by atoms with Gasteiger partial charge in [0.25, 0.3) is 0 Å². The molecule has 2 saturated heterocycles. The number of nitrogens with zero attached hydrogens (tertiary/aromatic N) is 2. The molecule has 0 radical (unpaired) electrons. The number of methoxy groups -OCH3 is 1. The summed E-state index contributed by atoms with van der Waals surface area (Å²) in [6, 6.07) is 0.0240. The molecular formula is C18H30N4O2S. The van der Waals surface area contributed by atoms with Crippen molar-refractivity contribution in [1.82, 2.24) is 20.5 Å². The van der Waals surface area contributed by atoms with Crippen molar-refractivity contribution in [3.63, 3.8) is 0 Å². The Labute approximate surface area is 154 Å². The first-order valence-corrected chi connectivity index (χ1v) is 10.2. The van der Waals surface area contributed by atoms with Gasteiger partial charge in [0.2, 0.25) is 5.91 Å². The highest BCUT2D eigenvalue weighted by atomic mass is 32.1. The van der Waals surface area contributed by atoms with Gasteiger partial charge < -0.3 is 15.4 Å². The van der Waals surface area contributed by atoms with Crippen LogP contribution in [-0.4, -0.2) is 55.1 Å². The maximum absolute atomic E-state index is 12.1. The second-order valence-corrected chi connectivity index (χ2v) is 8.08. The van der Waals surface area contributed by atoms with Gasteiger partial charge in [0.1, 0.15) is 11.1 Å². The predicted octanol–water partition coefficient (Wildman–Crippen LogP) is 1.93. The average molecular weight is 367 g/mol. The van der Waals surface area contributed by atoms with Crippen LogP contribution in [0.15, 0.2) is 5.38 Å². The number of hydrogen-bond donors (Lipinski definition) is 2. The summed E-state index contributed by atoms with van der Waals surface area (Å²) in [6.45, 7) is 6.82. The van der Waals surface area contributed by atoms with Crippen molar-refractivity contribution in [2.75, 3.05) is 33.3 Å². The summed E-state index contributed by atoms with van der Waals surface area (Å²) in [5, 5.41) is 9.59. The van der Waals surface area contributed by atoms with Crippen molar-refractivity contribution in [1.29, 1.82) is 0 Å². The molecule has 0 aliphatic carbocycles. The Morgan fingerprint density at radius 2 is 2.40 bits per heavy atom. The molecule has 140 valence electrons. The quantitative estimate of drug-likeness (QED) is 0.772. The van der Waals surface area contributed by atoms with Gasteiger partial charge in [-0.3, -0.25) is 9.69 Å². The first-order chi connectivity index (χ1) is 12.2. The number of aromatic nitrogens is 1. The molecular weight excluding hydrogens is 336 g/mol. The third-order valence-electron chi connectivity index (χ3n) is 5.20. The van der Waals surface area contributed by atoms with Crippen molar-refractivity contribution in [2.24, 2.45) is 5.92 Å². The molecule has 25 heavy (non-hydrogen) atoms. The fourth-order valence-electron chi connectivity index (χ4n) is 3.65. The zero-order valence-electron chi connectivity index (χ0n) is 15.3. The van der Waals surface area contributed by atoms with E-state index in [9.17, 15) is 4.79 Å². The second kappa shape index (κ2) is 9.07. The average Bonchev–Trinajstić information content (AvgIpc) is 3.31. The lowest BCUT2D eigenvalue weighted by atomic mass is 9.97. The van der Waals surface area contributed by atoms with E-state index in [1.165, 1.54) is 12.8 Å². The Hall–Kier alpha value is -1.02. The number of carbonyl (C=O) groups is 1. The number of hydrogen-bond acceptors (Lipinski definition) is 6. The summed E-state index contributed by atoms with van der Waals surface area (Å²) in [4.78, 5) is 19.3. The Balaban J connectivity index is 1.44. The summed E-state index contributed by atoms with van der Waals surface area (Å²) in [5.41, 5.74) is 1.13. The molecule has 1 aromatic rings. The summed E-state index contributed by atoms with van der Waals surface area (Å²) in [5.74, 6) is 0.711. The number of ether oxygens (including phenoxy) is 1. The molecule has 2 aliphatic heterocycles. The number of likely N-dealkylation sites (tertiary alicyclic amines) is 1. The summed E-state index contributed by atoms with van der Waals surface area (Å²) < 4.78 is 5.34. The van der Waals surface area contributed by atoms with Gasteiger partial charge in [-0.15, -0.1) is 11.3 Å². The number of rotatable bonds is 7. The maximum atomic E-state index is 12.1. The molecule has 0 aromatic carbocycles. The van der Waals surface area contributed by atoms with E-state index >= 15 is 0 Å². The Bertz CT molecular complexity index is 559. The van der Waals surface area contributed by atoms with Gasteiger partial charge in [0, 0.05) is 32.1 Å². The van der Waals surface area contributed by atoms with Crippen LogP contribution in [0.3, 0.4) is 0 Å². The van der Waals surface area contributed by atoms with Crippen LogP contribution in [0.1, 0.15) is 49.4 Å². The topological polar surface area (TPSA) is 66.5 Å². The van der Waals surface area contributed by atoms with E-state index < -0.39 is 0 Å². The molecule has 3 heterocycles. The number of amides is 1. The molecule has 3 unspecified atom stereocenters. The lowest BCUT2D eigenvalue weighted by molar-refractivity contribution is -0.123. The molecule has 7 heteroatoms. The molecule has 6 nitrogen and oxygen atoms in total. The minimum Gasteiger partial charge on any atom is -0.375 e. The van der Waals surface area contributed by atoms with Gasteiger partial charge in [-0.1, -0.05) is 0 Å². The molecule has 3 atom stereocenters. The van der Waals surface area contributed by atoms with Crippen molar-refractivity contribution in [3.8, 4) is 0 Å². The standard InChI is InChI=1S/C18H30N4O2S/c1-13(24-2)18-21-15(12-25-18)11-22-8-4-5-14(10-22)9-20-17(23)16-6-3-7-19-16/h12-14,16,19H,3-11H2,1-2H3,(H,20,23). The van der Waals surface area contributed by atoms with Crippen LogP contribution in [0.5, 0.6) is 0 Å². The second-order valence-electron chi connectivity index (χ2n) is 7.19. The van der Waals surface area contributed by atoms with E-state index in [2.05, 4.69) is 20.9 Å². The first-order valence-electron chi connectivity index (χ1n) is 9.36. The molecule has 2 N–H and O–H groups in total. The maximum Gasteiger partial charge on any atom is 0.237 e. The zero-order valence-corrected chi connectivity index (χ0v) is 16.1. The first kappa shape index (κ1) is 18.8. The number of carbonyl (C=O) groups excluding carboxylic acids is 1. The molecule has 1 aromatic heterocycles. The largest absolute Gasteiger partial charge is 0.375 e. The van der Waals surface area contributed by atoms with E-state index in [0.717, 1.165) is 56.3 Å². The molecule has 0 bridgehead atoms. The zero-order chi connectivity index (χ0) is 17.6. The van der Waals surface area contributed by atoms with Crippen LogP contribution < -0.4 is 10.6 Å². The smallest absolute Gasteiger partial charge is 0.237 e. The number of nitrogens with one attached hydrogen (secondary N) is 2. The Morgan fingerprint density at radius 1 is 1.52 bits per heavy atom. The highest BCUT2D eigenvalue weighted by Gasteiger charge is 2.25. The lowest BCUT2D eigenvalue weighted by Gasteiger charge is -2.32. The van der Waals surface area contributed by atoms with Gasteiger partial charge in [0.15, 0.2) is 0 Å². The van der Waals surface area contributed by atoms with E-state index in [1.807, 2.05) is 6.92 Å². The van der Waals surface area contributed by atoms with Gasteiger partial charge in [-0.05, 0) is 51.6 Å². The number of thiazole rings is 1. The highest BCUT2D eigenvalue weighted by molar-refractivity contribution is 7.09. The lowest BCUT2D eigenvalue weighted by Crippen LogP contribution is -2.45. The SMILES string of the molecule is COC(C)c1nc(CN2CCCC(CNC(=O)C3CCCN3)C2)cs1. The third-order valence-corrected chi connectivity index (χ3v) is 6.26. The normalized spacial score (nSPS) is 25.8. The summed E-state index contributed by atoms with van der Waals surface area (Å²) >= 11 is 1.67. The Morgan fingerprint density at radius 3 is 3.16 bits per heavy atom. The highest BCUT2D eigenvalue weighted by Crippen LogP contribution is 2.23. The van der Waals surface area contributed by atoms with Crippen LogP contribution in [0.2, 0.25) is 0 Å². The fraction of sp³-hybridized carbons (Fsp3) is 0.778. The van der Waals surface area contributed by atoms with Gasteiger partial charge in [0.05, 0.1) is 11.7 Å². The van der Waals surface area contributed by atoms with E-state index in [4.69, 9.17) is 9.72 Å². The van der Waals surface area contributed by atoms with E-state index in [1.54, 1.807) is 18.4 Å². The molecule has 0 spiro atoms. The predicted molar refractivity (Wildman–Crippen MR) is 99.6 cm³/mol. The number of piperidine rings is 1. The minimum absolute atomic E-state index is 0.0240. The van der Waals surface area contributed by atoms with Crippen molar-refractivity contribution >= 4 is 17.2 Å². The molecule has 2 aliphatic rings. The third kappa shape index (κ3) is 5.23. The van der Waals surface area contributed by atoms with Crippen LogP contribution in [0.4, 0.5) is 0 Å². The molecule has 0 saturated carbocycles. The van der Waals surface area contributed by atoms with Gasteiger partial charge in [-0.2, -0.15) is 0 Å². The van der Waals surface area contributed by atoms with E-state index in [0.29, 0.717) is 5.92 Å². The van der Waals surface area contributed by atoms with Crippen LogP contribution in [0.25, 0.3) is 0 Å². The fourth-order valence-corrected chi connectivity index (χ4v) is 4.49. The van der Waals surface area contributed by atoms with Crippen LogP contribution in [-0.2, 0) is 16.1 Å². The van der Waals surface area contributed by atoms with Crippen molar-refractivity contribution in [2.45, 2.75) is 51.3 Å². The molecule has 3 rings (SSSR count).